The van der Waals surface area contributed by atoms with Crippen LogP contribution in [0.1, 0.15) is 16.8 Å². The number of rotatable bonds is 8. The number of nitrogens with zero attached hydrogens (tertiary/aromatic N) is 1. The first-order valence-electron chi connectivity index (χ1n) is 8.57. The molecule has 1 aromatic heterocycles. The first-order valence-corrected chi connectivity index (χ1v) is 8.57. The number of nitrogens with one attached hydrogen (secondary N) is 3. The zero-order chi connectivity index (χ0) is 19.8. The molecule has 3 aromatic rings. The molecule has 0 bridgehead atoms. The van der Waals surface area contributed by atoms with Gasteiger partial charge in [0.1, 0.15) is 6.61 Å². The van der Waals surface area contributed by atoms with E-state index in [0.717, 1.165) is 11.1 Å². The minimum Gasteiger partial charge on any atom is -0.493 e. The van der Waals surface area contributed by atoms with E-state index in [4.69, 9.17) is 9.47 Å². The monoisotopic (exact) mass is 380 g/mol. The highest BCUT2D eigenvalue weighted by Gasteiger charge is 2.07. The van der Waals surface area contributed by atoms with Gasteiger partial charge in [0.15, 0.2) is 11.5 Å². The van der Waals surface area contributed by atoms with Gasteiger partial charge in [0.05, 0.1) is 19.7 Å². The molecule has 1 heterocycles. The van der Waals surface area contributed by atoms with Gasteiger partial charge in [-0.05, 0) is 29.3 Å². The number of carbonyl (C=O) groups excluding carboxylic acids is 1. The van der Waals surface area contributed by atoms with E-state index in [1.807, 2.05) is 30.3 Å². The number of hydrogen-bond acceptors (Lipinski definition) is 5. The lowest BCUT2D eigenvalue weighted by molar-refractivity contribution is -0.120. The van der Waals surface area contributed by atoms with Crippen LogP contribution in [-0.4, -0.2) is 29.4 Å². The van der Waals surface area contributed by atoms with Crippen LogP contribution >= 0.6 is 0 Å². The highest BCUT2D eigenvalue weighted by molar-refractivity contribution is 5.83. The van der Waals surface area contributed by atoms with Gasteiger partial charge in [-0.3, -0.25) is 14.7 Å². The number of aromatic amines is 2. The molecule has 0 aliphatic rings. The lowest BCUT2D eigenvalue weighted by Gasteiger charge is -2.11. The molecule has 0 unspecified atom stereocenters. The number of carbonyl (C=O) groups is 1. The molecule has 3 N–H and O–H groups in total. The largest absolute Gasteiger partial charge is 0.493 e. The van der Waals surface area contributed by atoms with Crippen LogP contribution in [0, 0.1) is 0 Å². The smallest absolute Gasteiger partial charge is 0.264 e. The molecule has 0 saturated heterocycles. The Hall–Kier alpha value is -3.81. The van der Waals surface area contributed by atoms with E-state index in [2.05, 4.69) is 20.7 Å². The fraction of sp³-hybridized carbons (Fsp3) is 0.150. The molecule has 0 radical (unpaired) electrons. The number of amides is 1. The first kappa shape index (κ1) is 19.0. The highest BCUT2D eigenvalue weighted by atomic mass is 16.5. The van der Waals surface area contributed by atoms with Crippen molar-refractivity contribution in [2.24, 2.45) is 5.10 Å². The minimum atomic E-state index is -0.347. The second kappa shape index (κ2) is 9.22. The molecular formula is C20H20N4O4. The molecule has 0 fully saturated rings. The third-order valence-corrected chi connectivity index (χ3v) is 3.83. The van der Waals surface area contributed by atoms with E-state index in [0.29, 0.717) is 23.8 Å². The molecule has 8 heteroatoms. The number of methoxy groups -OCH3 is 1. The Bertz CT molecular complexity index is 1010. The Balaban J connectivity index is 1.60. The van der Waals surface area contributed by atoms with Gasteiger partial charge in [-0.2, -0.15) is 5.10 Å². The first-order chi connectivity index (χ1) is 13.6. The number of aromatic nitrogens is 2. The summed E-state index contributed by atoms with van der Waals surface area (Å²) in [5.41, 5.74) is 4.39. The third kappa shape index (κ3) is 5.34. The van der Waals surface area contributed by atoms with Crippen LogP contribution in [0.15, 0.2) is 64.5 Å². The zero-order valence-electron chi connectivity index (χ0n) is 15.3. The number of ether oxygens (including phenoxy) is 2. The molecule has 3 rings (SSSR count). The van der Waals surface area contributed by atoms with Crippen LogP contribution in [0.5, 0.6) is 11.5 Å². The topological polar surface area (TPSA) is 109 Å². The Morgan fingerprint density at radius 1 is 1.11 bits per heavy atom. The summed E-state index contributed by atoms with van der Waals surface area (Å²) in [4.78, 5) is 22.9. The summed E-state index contributed by atoms with van der Waals surface area (Å²) in [5, 5.41) is 8.92. The van der Waals surface area contributed by atoms with E-state index in [1.54, 1.807) is 25.3 Å². The fourth-order valence-electron chi connectivity index (χ4n) is 2.48. The normalized spacial score (nSPS) is 10.8. The van der Waals surface area contributed by atoms with Crippen LogP contribution in [-0.2, 0) is 17.8 Å². The zero-order valence-corrected chi connectivity index (χ0v) is 15.3. The van der Waals surface area contributed by atoms with Gasteiger partial charge in [-0.1, -0.05) is 30.3 Å². The molecule has 0 aliphatic carbocycles. The van der Waals surface area contributed by atoms with Gasteiger partial charge in [-0.15, -0.1) is 0 Å². The summed E-state index contributed by atoms with van der Waals surface area (Å²) in [7, 11) is 1.57. The van der Waals surface area contributed by atoms with Crippen LogP contribution in [0.4, 0.5) is 0 Å². The van der Waals surface area contributed by atoms with E-state index >= 15 is 0 Å². The molecule has 0 saturated carbocycles. The predicted molar refractivity (Wildman–Crippen MR) is 105 cm³/mol. The van der Waals surface area contributed by atoms with Crippen molar-refractivity contribution >= 4 is 12.1 Å². The molecule has 1 amide bonds. The second-order valence-electron chi connectivity index (χ2n) is 5.94. The van der Waals surface area contributed by atoms with Gasteiger partial charge in [-0.25, -0.2) is 5.43 Å². The second-order valence-corrected chi connectivity index (χ2v) is 5.94. The SMILES string of the molecule is COc1ccc(/C=N/NC(=O)Cc2cc(=O)[nH][nH]2)cc1OCc1ccccc1. The maximum Gasteiger partial charge on any atom is 0.264 e. The van der Waals surface area contributed by atoms with Crippen molar-refractivity contribution in [3.8, 4) is 11.5 Å². The van der Waals surface area contributed by atoms with Gasteiger partial charge < -0.3 is 14.6 Å². The lowest BCUT2D eigenvalue weighted by Crippen LogP contribution is -2.20. The maximum absolute atomic E-state index is 11.8. The van der Waals surface area contributed by atoms with Crippen LogP contribution in [0.25, 0.3) is 0 Å². The highest BCUT2D eigenvalue weighted by Crippen LogP contribution is 2.28. The Kier molecular flexibility index (Phi) is 6.25. The van der Waals surface area contributed by atoms with E-state index in [1.165, 1.54) is 12.3 Å². The van der Waals surface area contributed by atoms with E-state index in [9.17, 15) is 9.59 Å². The molecule has 2 aromatic carbocycles. The molecule has 144 valence electrons. The van der Waals surface area contributed by atoms with Crippen LogP contribution < -0.4 is 20.5 Å². The average molecular weight is 380 g/mol. The Labute approximate surface area is 161 Å². The summed E-state index contributed by atoms with van der Waals surface area (Å²) in [5.74, 6) is 0.834. The number of H-pyrrole nitrogens is 2. The summed E-state index contributed by atoms with van der Waals surface area (Å²) < 4.78 is 11.2. The van der Waals surface area contributed by atoms with Crippen molar-refractivity contribution in [2.45, 2.75) is 13.0 Å². The van der Waals surface area contributed by atoms with Crippen molar-refractivity contribution in [1.29, 1.82) is 0 Å². The average Bonchev–Trinajstić information content (AvgIpc) is 3.11. The Morgan fingerprint density at radius 3 is 2.64 bits per heavy atom. The molecular weight excluding hydrogens is 360 g/mol. The van der Waals surface area contributed by atoms with Crippen molar-refractivity contribution < 1.29 is 14.3 Å². The lowest BCUT2D eigenvalue weighted by atomic mass is 10.2. The molecule has 0 spiro atoms. The minimum absolute atomic E-state index is 0.0180. The van der Waals surface area contributed by atoms with Crippen molar-refractivity contribution in [1.82, 2.24) is 15.6 Å². The number of benzene rings is 2. The Morgan fingerprint density at radius 2 is 1.93 bits per heavy atom. The fourth-order valence-corrected chi connectivity index (χ4v) is 2.48. The standard InChI is InChI=1S/C20H20N4O4/c1-27-17-8-7-15(9-18(17)28-13-14-5-3-2-4-6-14)12-21-23-19(25)10-16-11-20(26)24-22-16/h2-9,11-12H,10,13H2,1H3,(H,23,25)(H2,22,24,26)/b21-12+. The van der Waals surface area contributed by atoms with Crippen LogP contribution in [0.3, 0.4) is 0 Å². The van der Waals surface area contributed by atoms with Gasteiger partial charge >= 0.3 is 0 Å². The molecule has 28 heavy (non-hydrogen) atoms. The van der Waals surface area contributed by atoms with Crippen molar-refractivity contribution in [3.05, 3.63) is 81.8 Å². The number of hydrogen-bond donors (Lipinski definition) is 3. The van der Waals surface area contributed by atoms with Crippen molar-refractivity contribution in [3.63, 3.8) is 0 Å². The van der Waals surface area contributed by atoms with E-state index < -0.39 is 0 Å². The van der Waals surface area contributed by atoms with Crippen LogP contribution in [0.2, 0.25) is 0 Å². The number of hydrazone groups is 1. The third-order valence-electron chi connectivity index (χ3n) is 3.83. The van der Waals surface area contributed by atoms with Crippen molar-refractivity contribution in [2.75, 3.05) is 7.11 Å². The summed E-state index contributed by atoms with van der Waals surface area (Å²) >= 11 is 0. The quantitative estimate of drug-likeness (QED) is 0.410. The summed E-state index contributed by atoms with van der Waals surface area (Å²) in [6.45, 7) is 0.406. The van der Waals surface area contributed by atoms with Gasteiger partial charge in [0.2, 0.25) is 5.91 Å². The molecule has 8 nitrogen and oxygen atoms in total. The predicted octanol–water partition coefficient (Wildman–Crippen LogP) is 1.98. The maximum atomic E-state index is 11.8. The molecule has 0 atom stereocenters. The van der Waals surface area contributed by atoms with E-state index in [-0.39, 0.29) is 17.9 Å². The summed E-state index contributed by atoms with van der Waals surface area (Å²) in [6, 6.07) is 16.5. The van der Waals surface area contributed by atoms with Gasteiger partial charge in [0, 0.05) is 11.8 Å². The van der Waals surface area contributed by atoms with Gasteiger partial charge in [0.25, 0.3) is 5.56 Å². The molecule has 0 aliphatic heterocycles. The summed E-state index contributed by atoms with van der Waals surface area (Å²) in [6.07, 6.45) is 1.52.